The minimum absolute atomic E-state index is 0.183. The van der Waals surface area contributed by atoms with Crippen LogP contribution in [0.2, 0.25) is 0 Å². The van der Waals surface area contributed by atoms with Crippen molar-refractivity contribution >= 4 is 21.2 Å². The molecule has 0 aromatic carbocycles. The van der Waals surface area contributed by atoms with Gasteiger partial charge in [-0.3, -0.25) is 9.13 Å². The summed E-state index contributed by atoms with van der Waals surface area (Å²) in [5.41, 5.74) is 4.23. The number of hydrogen-bond acceptors (Lipinski definition) is 11. The number of nitrogen functional groups attached to an aromatic ring is 1. The Morgan fingerprint density at radius 1 is 1.40 bits per heavy atom. The molecule has 0 radical (unpaired) electrons. The van der Waals surface area contributed by atoms with Crippen molar-refractivity contribution in [2.75, 3.05) is 5.73 Å². The van der Waals surface area contributed by atoms with Crippen LogP contribution in [0, 0.1) is 0 Å². The highest BCUT2D eigenvalue weighted by molar-refractivity contribution is 7.52. The first-order valence-corrected chi connectivity index (χ1v) is 9.57. The molecule has 6 N–H and O–H groups in total. The molecule has 2 rings (SSSR count). The maximum Gasteiger partial charge on any atom is 0.356 e. The van der Waals surface area contributed by atoms with Crippen LogP contribution < -0.4 is 21.2 Å². The summed E-state index contributed by atoms with van der Waals surface area (Å²) in [6, 6.07) is 1.12. The first-order valence-electron chi connectivity index (χ1n) is 6.43. The van der Waals surface area contributed by atoms with Gasteiger partial charge in [0.25, 0.3) is 0 Å². The first kappa shape index (κ1) is 20.1. The van der Waals surface area contributed by atoms with Gasteiger partial charge < -0.3 is 49.3 Å². The molecule has 0 aliphatic carbocycles. The molecule has 1 saturated heterocycles. The normalized spacial score (nSPS) is 28.9. The van der Waals surface area contributed by atoms with Gasteiger partial charge in [0.1, 0.15) is 24.1 Å². The van der Waals surface area contributed by atoms with E-state index in [0.717, 1.165) is 12.3 Å². The van der Waals surface area contributed by atoms with Gasteiger partial charge in [-0.25, -0.2) is 4.79 Å². The van der Waals surface area contributed by atoms with Gasteiger partial charge >= 0.3 is 13.3 Å². The number of phosphoric ester groups is 1. The lowest BCUT2D eigenvalue weighted by Crippen LogP contribution is -2.42. The number of ether oxygens (including phenoxy) is 1. The van der Waals surface area contributed by atoms with Crippen molar-refractivity contribution in [3.8, 4) is 0 Å². The number of aliphatic hydroxyl groups excluding tert-OH is 2. The predicted octanol–water partition coefficient (Wildman–Crippen LogP) is -4.21. The van der Waals surface area contributed by atoms with Crippen LogP contribution in [-0.4, -0.2) is 53.7 Å². The van der Waals surface area contributed by atoms with E-state index in [0.29, 0.717) is 4.57 Å². The van der Waals surface area contributed by atoms with Crippen molar-refractivity contribution in [2.24, 2.45) is 0 Å². The molecule has 25 heavy (non-hydrogen) atoms. The second-order valence-corrected chi connectivity index (χ2v) is 7.86. The summed E-state index contributed by atoms with van der Waals surface area (Å²) in [4.78, 5) is 54.8. The molecule has 0 saturated carbocycles. The lowest BCUT2D eigenvalue weighted by Gasteiger charge is -2.35. The fourth-order valence-electron chi connectivity index (χ4n) is 2.23. The molecule has 14 nitrogen and oxygen atoms in total. The minimum Gasteiger partial charge on any atom is -0.790 e. The molecule has 0 bridgehead atoms. The number of nitrogens with two attached hydrogens (primary N) is 1. The largest absolute Gasteiger partial charge is 0.790 e. The molecule has 16 heteroatoms. The second kappa shape index (κ2) is 6.85. The Morgan fingerprint density at radius 2 is 2.00 bits per heavy atom. The molecule has 2 heterocycles. The Bertz CT molecular complexity index is 787. The highest BCUT2D eigenvalue weighted by atomic mass is 31.2. The Kier molecular flexibility index (Phi) is 5.52. The average Bonchev–Trinajstić information content (AvgIpc) is 2.73. The molecule has 142 valence electrons. The van der Waals surface area contributed by atoms with Gasteiger partial charge in [0, 0.05) is 6.20 Å². The summed E-state index contributed by atoms with van der Waals surface area (Å²) >= 11 is 0. The first-order chi connectivity index (χ1) is 11.3. The van der Waals surface area contributed by atoms with Crippen LogP contribution in [0.3, 0.4) is 0 Å². The molecule has 1 aromatic heterocycles. The minimum atomic E-state index is -5.75. The zero-order valence-electron chi connectivity index (χ0n) is 12.1. The third kappa shape index (κ3) is 4.51. The number of nitrogens with zero attached hydrogens (tertiary/aromatic N) is 2. The van der Waals surface area contributed by atoms with Crippen molar-refractivity contribution in [2.45, 2.75) is 30.4 Å². The molecule has 1 aliphatic rings. The fraction of sp³-hybridized carbons (Fsp3) is 0.556. The van der Waals surface area contributed by atoms with E-state index in [4.69, 9.17) is 20.3 Å². The van der Waals surface area contributed by atoms with Crippen LogP contribution in [0.5, 0.6) is 0 Å². The van der Waals surface area contributed by atoms with E-state index in [9.17, 15) is 33.9 Å². The summed E-state index contributed by atoms with van der Waals surface area (Å²) in [6.45, 7) is 0. The SMILES string of the molecule is Nc1ccn([C@@H]2O[C@H](C(O)P(=O)(O)O)[C@@H](OP(=O)([O-])[O-])[C@H]2O)c(=O)n1. The molecule has 1 fully saturated rings. The number of hydrogen-bond donors (Lipinski definition) is 5. The zero-order valence-corrected chi connectivity index (χ0v) is 13.8. The van der Waals surface area contributed by atoms with Crippen LogP contribution in [0.15, 0.2) is 17.1 Å². The van der Waals surface area contributed by atoms with Crippen molar-refractivity contribution in [1.82, 2.24) is 9.55 Å². The summed E-state index contributed by atoms with van der Waals surface area (Å²) < 4.78 is 31.7. The summed E-state index contributed by atoms with van der Waals surface area (Å²) in [6.07, 6.45) is -7.15. The smallest absolute Gasteiger partial charge is 0.356 e. The van der Waals surface area contributed by atoms with Gasteiger partial charge in [-0.1, -0.05) is 0 Å². The number of anilines is 1. The number of rotatable bonds is 5. The van der Waals surface area contributed by atoms with E-state index in [-0.39, 0.29) is 5.82 Å². The van der Waals surface area contributed by atoms with Gasteiger partial charge in [0.15, 0.2) is 12.1 Å². The topological polar surface area (TPSA) is 241 Å². The summed E-state index contributed by atoms with van der Waals surface area (Å²) in [5, 5.41) is 19.8. The number of aromatic nitrogens is 2. The van der Waals surface area contributed by atoms with Crippen LogP contribution in [0.4, 0.5) is 5.82 Å². The highest BCUT2D eigenvalue weighted by Crippen LogP contribution is 2.48. The number of phosphoric acid groups is 1. The lowest BCUT2D eigenvalue weighted by atomic mass is 10.1. The third-order valence-corrected chi connectivity index (χ3v) is 4.75. The molecule has 0 spiro atoms. The van der Waals surface area contributed by atoms with Gasteiger partial charge in [-0.15, -0.1) is 0 Å². The fourth-order valence-corrected chi connectivity index (χ4v) is 3.39. The van der Waals surface area contributed by atoms with Crippen molar-refractivity contribution in [3.63, 3.8) is 0 Å². The highest BCUT2D eigenvalue weighted by Gasteiger charge is 2.53. The van der Waals surface area contributed by atoms with E-state index in [1.54, 1.807) is 0 Å². The Hall–Kier alpha value is -1.18. The molecule has 5 atom stereocenters. The van der Waals surface area contributed by atoms with E-state index in [1.807, 2.05) is 0 Å². The van der Waals surface area contributed by atoms with Gasteiger partial charge in [0.05, 0.1) is 7.82 Å². The van der Waals surface area contributed by atoms with E-state index >= 15 is 0 Å². The summed E-state index contributed by atoms with van der Waals surface area (Å²) in [7, 11) is -11.0. The monoisotopic (exact) mass is 401 g/mol. The second-order valence-electron chi connectivity index (χ2n) is 5.04. The van der Waals surface area contributed by atoms with E-state index in [1.165, 1.54) is 0 Å². The molecule has 1 unspecified atom stereocenters. The van der Waals surface area contributed by atoms with Crippen LogP contribution in [0.1, 0.15) is 6.23 Å². The standard InChI is InChI=1S/C9H15N3O11P2/c10-3-1-2-12(9(15)11-3)7-4(13)5(23-25(19,20)21)6(22-7)8(14)24(16,17)18/h1-2,4-8,13-14H,(H2,10,11,15)(H2,16,17,18)(H2,19,20,21)/p-2/t4-,5+,6+,7-,8?/m1/s1. The number of aliphatic hydroxyl groups is 2. The molecular formula is C9H13N3O11P2-2. The predicted molar refractivity (Wildman–Crippen MR) is 73.4 cm³/mol. The molecule has 1 aliphatic heterocycles. The lowest BCUT2D eigenvalue weighted by molar-refractivity contribution is -0.347. The van der Waals surface area contributed by atoms with Gasteiger partial charge in [-0.2, -0.15) is 4.98 Å². The molecular weight excluding hydrogens is 388 g/mol. The Balaban J connectivity index is 2.44. The maximum absolute atomic E-state index is 11.8. The van der Waals surface area contributed by atoms with Gasteiger partial charge in [-0.05, 0) is 6.07 Å². The third-order valence-electron chi connectivity index (χ3n) is 3.26. The van der Waals surface area contributed by atoms with Crippen LogP contribution in [-0.2, 0) is 18.4 Å². The van der Waals surface area contributed by atoms with Crippen molar-refractivity contribution < 1.29 is 48.2 Å². The average molecular weight is 401 g/mol. The molecule has 0 amide bonds. The Morgan fingerprint density at radius 3 is 2.48 bits per heavy atom. The maximum atomic E-state index is 11.8. The van der Waals surface area contributed by atoms with Crippen LogP contribution in [0.25, 0.3) is 0 Å². The van der Waals surface area contributed by atoms with Crippen LogP contribution >= 0.6 is 15.4 Å². The Labute approximate surface area is 138 Å². The van der Waals surface area contributed by atoms with Crippen molar-refractivity contribution in [1.29, 1.82) is 0 Å². The quantitative estimate of drug-likeness (QED) is 0.294. The van der Waals surface area contributed by atoms with E-state index in [2.05, 4.69) is 9.51 Å². The molecule has 1 aromatic rings. The van der Waals surface area contributed by atoms with Crippen molar-refractivity contribution in [3.05, 3.63) is 22.7 Å². The van der Waals surface area contributed by atoms with E-state index < -0.39 is 51.5 Å². The summed E-state index contributed by atoms with van der Waals surface area (Å²) in [5.74, 6) is -2.82. The zero-order chi connectivity index (χ0) is 19.2. The van der Waals surface area contributed by atoms with Gasteiger partial charge in [0.2, 0.25) is 0 Å².